The van der Waals surface area contributed by atoms with Crippen LogP contribution in [-0.4, -0.2) is 31.4 Å². The molecule has 10 heteroatoms. The first kappa shape index (κ1) is 27.3. The number of rotatable bonds is 8. The normalized spacial score (nSPS) is 15.3. The maximum absolute atomic E-state index is 13.8. The first-order valence-electron chi connectivity index (χ1n) is 11.7. The number of hydrogen-bond donors (Lipinski definition) is 0. The molecule has 1 unspecified atom stereocenters. The summed E-state index contributed by atoms with van der Waals surface area (Å²) in [7, 11) is 3.19. The van der Waals surface area contributed by atoms with Crippen molar-refractivity contribution >= 4 is 55.2 Å². The van der Waals surface area contributed by atoms with E-state index < -0.39 is 12.0 Å². The second-order valence-electron chi connectivity index (χ2n) is 8.20. The first-order chi connectivity index (χ1) is 17.8. The average Bonchev–Trinajstić information content (AvgIpc) is 3.18. The molecule has 0 bridgehead atoms. The lowest BCUT2D eigenvalue weighted by Gasteiger charge is -2.26. The molecular formula is C27H26Br2N2O5S. The molecule has 4 rings (SSSR count). The molecular weight excluding hydrogens is 624 g/mol. The van der Waals surface area contributed by atoms with Crippen molar-refractivity contribution in [3.05, 3.63) is 87.4 Å². The molecule has 1 aromatic heterocycles. The molecule has 2 aromatic carbocycles. The number of nitrogens with zero attached hydrogens (tertiary/aromatic N) is 2. The molecule has 0 saturated carbocycles. The Labute approximate surface area is 235 Å². The van der Waals surface area contributed by atoms with Gasteiger partial charge in [0.05, 0.1) is 51.6 Å². The van der Waals surface area contributed by atoms with Crippen LogP contribution in [0.4, 0.5) is 0 Å². The predicted octanol–water partition coefficient (Wildman–Crippen LogP) is 5.12. The van der Waals surface area contributed by atoms with Crippen molar-refractivity contribution in [2.75, 3.05) is 20.8 Å². The maximum atomic E-state index is 13.8. The van der Waals surface area contributed by atoms with E-state index in [0.29, 0.717) is 38.5 Å². The summed E-state index contributed by atoms with van der Waals surface area (Å²) in [6, 6.07) is 10.5. The lowest BCUT2D eigenvalue weighted by atomic mass is 9.94. The van der Waals surface area contributed by atoms with E-state index in [0.717, 1.165) is 26.5 Å². The summed E-state index contributed by atoms with van der Waals surface area (Å²) in [5.74, 6) is 0.878. The molecule has 194 valence electrons. The highest BCUT2D eigenvalue weighted by molar-refractivity contribution is 9.10. The summed E-state index contributed by atoms with van der Waals surface area (Å²) < 4.78 is 19.8. The van der Waals surface area contributed by atoms with Crippen LogP contribution >= 0.6 is 43.2 Å². The number of fused-ring (bicyclic) bond motifs is 1. The van der Waals surface area contributed by atoms with Crippen LogP contribution in [0.25, 0.3) is 6.08 Å². The Morgan fingerprint density at radius 2 is 1.76 bits per heavy atom. The Morgan fingerprint density at radius 3 is 2.35 bits per heavy atom. The van der Waals surface area contributed by atoms with E-state index in [9.17, 15) is 9.59 Å². The fraction of sp³-hybridized carbons (Fsp3) is 0.296. The maximum Gasteiger partial charge on any atom is 0.338 e. The highest BCUT2D eigenvalue weighted by Gasteiger charge is 2.34. The second-order valence-corrected chi connectivity index (χ2v) is 10.9. The Morgan fingerprint density at radius 1 is 1.08 bits per heavy atom. The monoisotopic (exact) mass is 648 g/mol. The number of ether oxygens (including phenoxy) is 3. The molecule has 0 spiro atoms. The van der Waals surface area contributed by atoms with E-state index in [1.165, 1.54) is 11.3 Å². The largest absolute Gasteiger partial charge is 0.496 e. The van der Waals surface area contributed by atoms with Crippen molar-refractivity contribution in [3.63, 3.8) is 0 Å². The van der Waals surface area contributed by atoms with Crippen LogP contribution in [0.3, 0.4) is 0 Å². The SMILES string of the molecule is CCCC1=C(C(=O)OCC)C(c2ccc(OC)c(Br)c2)n2c(s/c(=C\c3ccc(OC)c(Br)c3)c2=O)=N1. The van der Waals surface area contributed by atoms with E-state index in [2.05, 4.69) is 31.9 Å². The standard InChI is InChI=1S/C27H26Br2N2O5S/c1-5-7-19-23(26(33)36-6-2)24(16-9-11-21(35-4)18(29)14-16)31-25(32)22(37-27(31)30-19)13-15-8-10-20(34-3)17(28)12-15/h8-14,24H,5-7H2,1-4H3/b22-13-. The van der Waals surface area contributed by atoms with Crippen molar-refractivity contribution in [3.8, 4) is 11.5 Å². The van der Waals surface area contributed by atoms with Gasteiger partial charge in [0.1, 0.15) is 11.5 Å². The zero-order chi connectivity index (χ0) is 26.7. The minimum Gasteiger partial charge on any atom is -0.496 e. The third-order valence-electron chi connectivity index (χ3n) is 5.86. The summed E-state index contributed by atoms with van der Waals surface area (Å²) in [5, 5.41) is 0. The van der Waals surface area contributed by atoms with Crippen molar-refractivity contribution in [1.82, 2.24) is 4.57 Å². The van der Waals surface area contributed by atoms with Gasteiger partial charge in [-0.2, -0.15) is 0 Å². The van der Waals surface area contributed by atoms with E-state index in [1.807, 2.05) is 49.4 Å². The van der Waals surface area contributed by atoms with E-state index in [-0.39, 0.29) is 12.2 Å². The van der Waals surface area contributed by atoms with Gasteiger partial charge >= 0.3 is 5.97 Å². The van der Waals surface area contributed by atoms with Crippen molar-refractivity contribution in [2.24, 2.45) is 4.99 Å². The number of carbonyl (C=O) groups is 1. The third-order valence-corrected chi connectivity index (χ3v) is 8.08. The van der Waals surface area contributed by atoms with Gasteiger partial charge in [0.15, 0.2) is 4.80 Å². The molecule has 1 aliphatic heterocycles. The van der Waals surface area contributed by atoms with E-state index in [4.69, 9.17) is 19.2 Å². The smallest absolute Gasteiger partial charge is 0.338 e. The minimum absolute atomic E-state index is 0.220. The van der Waals surface area contributed by atoms with Crippen LogP contribution < -0.4 is 24.4 Å². The van der Waals surface area contributed by atoms with Gasteiger partial charge in [-0.15, -0.1) is 0 Å². The van der Waals surface area contributed by atoms with Crippen LogP contribution in [0, 0.1) is 0 Å². The summed E-state index contributed by atoms with van der Waals surface area (Å²) in [5.41, 5.74) is 2.37. The quantitative estimate of drug-likeness (QED) is 0.317. The molecule has 1 aliphatic rings. The van der Waals surface area contributed by atoms with Crippen molar-refractivity contribution in [1.29, 1.82) is 0 Å². The second kappa shape index (κ2) is 11.8. The first-order valence-corrected chi connectivity index (χ1v) is 14.1. The lowest BCUT2D eigenvalue weighted by molar-refractivity contribution is -0.139. The molecule has 2 heterocycles. The minimum atomic E-state index is -0.691. The Hall–Kier alpha value is -2.69. The number of methoxy groups -OCH3 is 2. The summed E-state index contributed by atoms with van der Waals surface area (Å²) in [4.78, 5) is 32.5. The number of thiazole rings is 1. The fourth-order valence-corrected chi connectivity index (χ4v) is 6.35. The van der Waals surface area contributed by atoms with Crippen LogP contribution in [0.15, 0.2) is 66.4 Å². The number of carbonyl (C=O) groups excluding carboxylic acids is 1. The molecule has 0 N–H and O–H groups in total. The molecule has 3 aromatic rings. The summed E-state index contributed by atoms with van der Waals surface area (Å²) in [6.45, 7) is 4.01. The topological polar surface area (TPSA) is 79.1 Å². The Kier molecular flexibility index (Phi) is 8.71. The summed E-state index contributed by atoms with van der Waals surface area (Å²) in [6.07, 6.45) is 3.19. The van der Waals surface area contributed by atoms with Gasteiger partial charge < -0.3 is 14.2 Å². The third kappa shape index (κ3) is 5.46. The van der Waals surface area contributed by atoms with Gasteiger partial charge in [-0.3, -0.25) is 9.36 Å². The molecule has 37 heavy (non-hydrogen) atoms. The zero-order valence-corrected chi connectivity index (χ0v) is 24.8. The van der Waals surface area contributed by atoms with Crippen molar-refractivity contribution < 1.29 is 19.0 Å². The van der Waals surface area contributed by atoms with Gasteiger partial charge in [0.25, 0.3) is 5.56 Å². The Bertz CT molecular complexity index is 1560. The van der Waals surface area contributed by atoms with Crippen LogP contribution in [0.5, 0.6) is 11.5 Å². The number of aromatic nitrogens is 1. The van der Waals surface area contributed by atoms with Gasteiger partial charge in [-0.1, -0.05) is 36.8 Å². The fourth-order valence-electron chi connectivity index (χ4n) is 4.21. The molecule has 1 atom stereocenters. The molecule has 7 nitrogen and oxygen atoms in total. The zero-order valence-electron chi connectivity index (χ0n) is 20.8. The number of halogens is 2. The highest BCUT2D eigenvalue weighted by atomic mass is 79.9. The number of esters is 1. The lowest BCUT2D eigenvalue weighted by Crippen LogP contribution is -2.40. The number of allylic oxidation sites excluding steroid dienone is 1. The van der Waals surface area contributed by atoms with Crippen LogP contribution in [0.2, 0.25) is 0 Å². The highest BCUT2D eigenvalue weighted by Crippen LogP contribution is 2.36. The van der Waals surface area contributed by atoms with Crippen molar-refractivity contribution in [2.45, 2.75) is 32.7 Å². The molecule has 0 fully saturated rings. The van der Waals surface area contributed by atoms with Gasteiger partial charge in [-0.05, 0) is 86.7 Å². The Balaban J connectivity index is 1.98. The molecule has 0 saturated heterocycles. The van der Waals surface area contributed by atoms with Gasteiger partial charge in [-0.25, -0.2) is 9.79 Å². The van der Waals surface area contributed by atoms with E-state index in [1.54, 1.807) is 25.7 Å². The molecule has 0 radical (unpaired) electrons. The average molecular weight is 650 g/mol. The van der Waals surface area contributed by atoms with Gasteiger partial charge in [0.2, 0.25) is 0 Å². The molecule has 0 amide bonds. The van der Waals surface area contributed by atoms with Gasteiger partial charge in [0, 0.05) is 0 Å². The van der Waals surface area contributed by atoms with Crippen LogP contribution in [0.1, 0.15) is 43.9 Å². The predicted molar refractivity (Wildman–Crippen MR) is 151 cm³/mol. The number of benzene rings is 2. The van der Waals surface area contributed by atoms with Crippen LogP contribution in [-0.2, 0) is 9.53 Å². The number of hydrogen-bond acceptors (Lipinski definition) is 7. The summed E-state index contributed by atoms with van der Waals surface area (Å²) >= 11 is 8.35. The molecule has 0 aliphatic carbocycles. The van der Waals surface area contributed by atoms with E-state index >= 15 is 0 Å².